The molecule has 3 aromatic carbocycles. The molecule has 8 nitrogen and oxygen atoms in total. The number of hydrogen-bond acceptors (Lipinski definition) is 6. The molecule has 180 valence electrons. The summed E-state index contributed by atoms with van der Waals surface area (Å²) < 4.78 is 32.5. The second-order valence-corrected chi connectivity index (χ2v) is 9.73. The lowest BCUT2D eigenvalue weighted by atomic mass is 10.1. The normalized spacial score (nSPS) is 12.5. The average Bonchev–Trinajstić information content (AvgIpc) is 2.80. The summed E-state index contributed by atoms with van der Waals surface area (Å²) in [7, 11) is -3.72. The Bertz CT molecular complexity index is 1330. The number of nitrogens with one attached hydrogen (secondary N) is 1. The number of nitrogens with zero attached hydrogens (tertiary/aromatic N) is 1. The minimum absolute atomic E-state index is 0.0544. The number of benzene rings is 3. The standard InChI is InChI=1S/C25H28N2O6S/c1-5-27(6-2)34(31,32)23-15-20(12-11-16(23)3)26-24(29)17(4)33-25(30)21-13-18-9-7-8-10-19(18)14-22(21)28/h7-15,17,28H,5-6H2,1-4H3,(H,26,29)/t17-/m0/s1. The van der Waals surface area contributed by atoms with Gasteiger partial charge in [-0.3, -0.25) is 4.79 Å². The molecule has 0 heterocycles. The molecule has 0 spiro atoms. The Kier molecular flexibility index (Phi) is 7.58. The highest BCUT2D eigenvalue weighted by molar-refractivity contribution is 7.89. The maximum absolute atomic E-state index is 12.9. The van der Waals surface area contributed by atoms with Crippen molar-refractivity contribution in [3.05, 3.63) is 65.7 Å². The Hall–Kier alpha value is -3.43. The SMILES string of the molecule is CCN(CC)S(=O)(=O)c1cc(NC(=O)[C@H](C)OC(=O)c2cc3ccccc3cc2O)ccc1C. The van der Waals surface area contributed by atoms with Gasteiger partial charge in [-0.15, -0.1) is 0 Å². The molecule has 0 radical (unpaired) electrons. The van der Waals surface area contributed by atoms with Gasteiger partial charge in [-0.25, -0.2) is 13.2 Å². The molecule has 0 aliphatic heterocycles. The second-order valence-electron chi connectivity index (χ2n) is 7.82. The highest BCUT2D eigenvalue weighted by Gasteiger charge is 2.25. The van der Waals surface area contributed by atoms with E-state index in [1.807, 2.05) is 6.07 Å². The largest absolute Gasteiger partial charge is 0.507 e. The van der Waals surface area contributed by atoms with Crippen LogP contribution < -0.4 is 5.32 Å². The summed E-state index contributed by atoms with van der Waals surface area (Å²) >= 11 is 0. The molecule has 0 saturated carbocycles. The van der Waals surface area contributed by atoms with Crippen molar-refractivity contribution in [1.82, 2.24) is 4.31 Å². The lowest BCUT2D eigenvalue weighted by molar-refractivity contribution is -0.123. The minimum atomic E-state index is -3.72. The zero-order valence-electron chi connectivity index (χ0n) is 19.5. The molecule has 3 rings (SSSR count). The molecule has 0 unspecified atom stereocenters. The van der Waals surface area contributed by atoms with Crippen LogP contribution in [0.25, 0.3) is 10.8 Å². The maximum Gasteiger partial charge on any atom is 0.342 e. The molecule has 0 saturated heterocycles. The number of ether oxygens (including phenoxy) is 1. The van der Waals surface area contributed by atoms with Gasteiger partial charge < -0.3 is 15.2 Å². The molecule has 0 bridgehead atoms. The number of carbonyl (C=O) groups is 2. The van der Waals surface area contributed by atoms with Crippen LogP contribution in [-0.2, 0) is 19.6 Å². The summed E-state index contributed by atoms with van der Waals surface area (Å²) in [5, 5.41) is 14.3. The number of carbonyl (C=O) groups excluding carboxylic acids is 2. The van der Waals surface area contributed by atoms with E-state index < -0.39 is 28.0 Å². The van der Waals surface area contributed by atoms with Gasteiger partial charge in [0.1, 0.15) is 11.3 Å². The monoisotopic (exact) mass is 484 g/mol. The molecule has 1 amide bonds. The molecule has 2 N–H and O–H groups in total. The lowest BCUT2D eigenvalue weighted by Crippen LogP contribution is -2.32. The van der Waals surface area contributed by atoms with E-state index in [1.54, 1.807) is 51.1 Å². The molecule has 0 fully saturated rings. The molecule has 3 aromatic rings. The highest BCUT2D eigenvalue weighted by Crippen LogP contribution is 2.27. The molecule has 34 heavy (non-hydrogen) atoms. The van der Waals surface area contributed by atoms with Crippen LogP contribution in [0.5, 0.6) is 5.75 Å². The third kappa shape index (κ3) is 5.21. The van der Waals surface area contributed by atoms with Crippen molar-refractivity contribution in [2.75, 3.05) is 18.4 Å². The number of phenolic OH excluding ortho intramolecular Hbond substituents is 1. The van der Waals surface area contributed by atoms with Crippen LogP contribution >= 0.6 is 0 Å². The van der Waals surface area contributed by atoms with Gasteiger partial charge in [0, 0.05) is 18.8 Å². The summed E-state index contributed by atoms with van der Waals surface area (Å²) in [6, 6.07) is 14.8. The molecular weight excluding hydrogens is 456 g/mol. The first-order valence-corrected chi connectivity index (χ1v) is 12.4. The zero-order chi connectivity index (χ0) is 25.0. The van der Waals surface area contributed by atoms with Crippen molar-refractivity contribution < 1.29 is 27.9 Å². The number of phenols is 1. The summed E-state index contributed by atoms with van der Waals surface area (Å²) in [5.41, 5.74) is 0.759. The Labute approximate surface area is 199 Å². The Morgan fingerprint density at radius 1 is 1.03 bits per heavy atom. The van der Waals surface area contributed by atoms with E-state index in [2.05, 4.69) is 5.32 Å². The zero-order valence-corrected chi connectivity index (χ0v) is 20.3. The summed E-state index contributed by atoms with van der Waals surface area (Å²) in [5.74, 6) is -1.73. The number of sulfonamides is 1. The second kappa shape index (κ2) is 10.2. The van der Waals surface area contributed by atoms with Gasteiger partial charge in [-0.1, -0.05) is 44.2 Å². The van der Waals surface area contributed by atoms with E-state index in [9.17, 15) is 23.1 Å². The number of fused-ring (bicyclic) bond motifs is 1. The first kappa shape index (κ1) is 25.2. The van der Waals surface area contributed by atoms with E-state index in [0.717, 1.165) is 10.8 Å². The Morgan fingerprint density at radius 3 is 2.26 bits per heavy atom. The van der Waals surface area contributed by atoms with Gasteiger partial charge in [0.2, 0.25) is 10.0 Å². The van der Waals surface area contributed by atoms with Crippen LogP contribution in [0.1, 0.15) is 36.7 Å². The number of aromatic hydroxyl groups is 1. The fraction of sp³-hybridized carbons (Fsp3) is 0.280. The first-order valence-electron chi connectivity index (χ1n) is 10.9. The number of amides is 1. The molecule has 1 atom stereocenters. The average molecular weight is 485 g/mol. The third-order valence-electron chi connectivity index (χ3n) is 5.52. The summed E-state index contributed by atoms with van der Waals surface area (Å²) in [6.07, 6.45) is -1.19. The van der Waals surface area contributed by atoms with E-state index in [1.165, 1.54) is 29.4 Å². The van der Waals surface area contributed by atoms with Gasteiger partial charge in [-0.05, 0) is 54.4 Å². The smallest absolute Gasteiger partial charge is 0.342 e. The van der Waals surface area contributed by atoms with Crippen LogP contribution in [0.3, 0.4) is 0 Å². The molecule has 9 heteroatoms. The number of anilines is 1. The van der Waals surface area contributed by atoms with Gasteiger partial charge in [0.25, 0.3) is 5.91 Å². The summed E-state index contributed by atoms with van der Waals surface area (Å²) in [6.45, 7) is 7.24. The Morgan fingerprint density at radius 2 is 1.65 bits per heavy atom. The first-order chi connectivity index (χ1) is 16.1. The van der Waals surface area contributed by atoms with E-state index in [-0.39, 0.29) is 21.9 Å². The van der Waals surface area contributed by atoms with Crippen molar-refractivity contribution in [3.63, 3.8) is 0 Å². The van der Waals surface area contributed by atoms with Crippen molar-refractivity contribution in [1.29, 1.82) is 0 Å². The van der Waals surface area contributed by atoms with Gasteiger partial charge >= 0.3 is 5.97 Å². The topological polar surface area (TPSA) is 113 Å². The molecule has 0 aliphatic rings. The number of aryl methyl sites for hydroxylation is 1. The van der Waals surface area contributed by atoms with Crippen LogP contribution in [-0.4, -0.2) is 48.9 Å². The predicted molar refractivity (Wildman–Crippen MR) is 130 cm³/mol. The van der Waals surface area contributed by atoms with E-state index in [0.29, 0.717) is 18.7 Å². The predicted octanol–water partition coefficient (Wildman–Crippen LogP) is 4.07. The minimum Gasteiger partial charge on any atom is -0.507 e. The van der Waals surface area contributed by atoms with Crippen molar-refractivity contribution in [2.24, 2.45) is 0 Å². The van der Waals surface area contributed by atoms with Crippen molar-refractivity contribution in [3.8, 4) is 5.75 Å². The maximum atomic E-state index is 12.9. The molecule has 0 aliphatic carbocycles. The van der Waals surface area contributed by atoms with Crippen LogP contribution in [0.4, 0.5) is 5.69 Å². The number of esters is 1. The Balaban J connectivity index is 1.76. The van der Waals surface area contributed by atoms with Gasteiger partial charge in [-0.2, -0.15) is 4.31 Å². The highest BCUT2D eigenvalue weighted by atomic mass is 32.2. The van der Waals surface area contributed by atoms with E-state index in [4.69, 9.17) is 4.74 Å². The molecular formula is C25H28N2O6S. The molecule has 0 aromatic heterocycles. The van der Waals surface area contributed by atoms with Crippen molar-refractivity contribution in [2.45, 2.75) is 38.7 Å². The van der Waals surface area contributed by atoms with Crippen molar-refractivity contribution >= 4 is 38.4 Å². The number of rotatable bonds is 8. The van der Waals surface area contributed by atoms with Gasteiger partial charge in [0.05, 0.1) is 4.90 Å². The van der Waals surface area contributed by atoms with Crippen LogP contribution in [0.15, 0.2) is 59.5 Å². The van der Waals surface area contributed by atoms with Gasteiger partial charge in [0.15, 0.2) is 6.10 Å². The fourth-order valence-corrected chi connectivity index (χ4v) is 5.28. The van der Waals surface area contributed by atoms with Crippen LogP contribution in [0, 0.1) is 6.92 Å². The van der Waals surface area contributed by atoms with Crippen LogP contribution in [0.2, 0.25) is 0 Å². The third-order valence-corrected chi connectivity index (χ3v) is 7.71. The van der Waals surface area contributed by atoms with E-state index >= 15 is 0 Å². The number of hydrogen-bond donors (Lipinski definition) is 2. The quantitative estimate of drug-likeness (QED) is 0.466. The lowest BCUT2D eigenvalue weighted by Gasteiger charge is -2.20. The summed E-state index contributed by atoms with van der Waals surface area (Å²) in [4.78, 5) is 25.4. The fourth-order valence-electron chi connectivity index (χ4n) is 3.57.